The van der Waals surface area contributed by atoms with E-state index in [1.165, 1.54) is 91.5 Å². The molecule has 392 valence electrons. The molecule has 4 aliphatic rings. The first-order valence-electron chi connectivity index (χ1n) is 29.3. The van der Waals surface area contributed by atoms with Crippen LogP contribution in [0.25, 0.3) is 22.3 Å². The smallest absolute Gasteiger partial charge is 0.252 e. The first-order chi connectivity index (χ1) is 41.7. The highest BCUT2D eigenvalue weighted by molar-refractivity contribution is 7.23. The van der Waals surface area contributed by atoms with E-state index in [2.05, 4.69) is 342 Å². The third-order valence-electron chi connectivity index (χ3n) is 18.6. The van der Waals surface area contributed by atoms with E-state index in [0.717, 1.165) is 39.8 Å². The molecular weight excluding hydrogens is 1050 g/mol. The largest absolute Gasteiger partial charge is 0.311 e. The van der Waals surface area contributed by atoms with Crippen molar-refractivity contribution in [2.75, 3.05) is 14.7 Å². The van der Waals surface area contributed by atoms with Gasteiger partial charge in [0.25, 0.3) is 6.71 Å². The molecule has 0 bridgehead atoms. The fourth-order valence-corrected chi connectivity index (χ4v) is 25.7. The molecule has 17 rings (SSSR count). The second-order valence-corrected chi connectivity index (χ2v) is 30.1. The lowest BCUT2D eigenvalue weighted by Crippen LogP contribution is -2.72. The third-order valence-corrected chi connectivity index (χ3v) is 28.3. The van der Waals surface area contributed by atoms with Crippen LogP contribution in [-0.4, -0.2) is 22.9 Å². The van der Waals surface area contributed by atoms with Gasteiger partial charge in [-0.05, 0) is 153 Å². The molecule has 0 unspecified atom stereocenters. The van der Waals surface area contributed by atoms with Crippen LogP contribution in [0.3, 0.4) is 0 Å². The van der Waals surface area contributed by atoms with Crippen LogP contribution in [0.4, 0.5) is 51.2 Å². The van der Waals surface area contributed by atoms with Gasteiger partial charge in [0.2, 0.25) is 0 Å². The van der Waals surface area contributed by atoms with Crippen LogP contribution in [0.5, 0.6) is 0 Å². The van der Waals surface area contributed by atoms with Crippen LogP contribution in [0, 0.1) is 0 Å². The molecule has 0 saturated carbocycles. The highest BCUT2D eigenvalue weighted by Gasteiger charge is 2.52. The Kier molecular flexibility index (Phi) is 11.1. The molecule has 0 radical (unpaired) electrons. The fraction of sp³-hybridized carbons (Fsp3) is 0. The first kappa shape index (κ1) is 48.5. The topological polar surface area (TPSA) is 9.72 Å². The summed E-state index contributed by atoms with van der Waals surface area (Å²) < 4.78 is 0. The van der Waals surface area contributed by atoms with Crippen molar-refractivity contribution in [3.05, 3.63) is 328 Å². The Hall–Kier alpha value is -10.2. The van der Waals surface area contributed by atoms with Crippen molar-refractivity contribution in [3.8, 4) is 22.3 Å². The molecule has 0 saturated heterocycles. The second-order valence-electron chi connectivity index (χ2n) is 22.6. The molecule has 3 nitrogen and oxygen atoms in total. The number of rotatable bonds is 9. The van der Waals surface area contributed by atoms with Crippen molar-refractivity contribution in [1.29, 1.82) is 0 Å². The number of hydrogen-bond acceptors (Lipinski definition) is 3. The van der Waals surface area contributed by atoms with Gasteiger partial charge in [-0.1, -0.05) is 255 Å². The van der Waals surface area contributed by atoms with Crippen molar-refractivity contribution in [2.45, 2.75) is 0 Å². The molecular formula is C78H54BN3Si2. The Morgan fingerprint density at radius 1 is 0.250 bits per heavy atom. The summed E-state index contributed by atoms with van der Waals surface area (Å²) in [5.41, 5.74) is 19.4. The van der Waals surface area contributed by atoms with E-state index in [4.69, 9.17) is 0 Å². The quantitative estimate of drug-likeness (QED) is 0.133. The summed E-state index contributed by atoms with van der Waals surface area (Å²) in [6, 6.07) is 124. The fourth-order valence-electron chi connectivity index (χ4n) is 15.3. The molecule has 84 heavy (non-hydrogen) atoms. The lowest BCUT2D eigenvalue weighted by Gasteiger charge is -2.45. The van der Waals surface area contributed by atoms with Gasteiger partial charge in [0.05, 0.1) is 5.69 Å². The molecule has 13 aromatic carbocycles. The zero-order valence-electron chi connectivity index (χ0n) is 46.1. The number of hydrogen-bond donors (Lipinski definition) is 0. The molecule has 0 amide bonds. The summed E-state index contributed by atoms with van der Waals surface area (Å²) in [5.74, 6) is 0. The average molecular weight is 1100 g/mol. The van der Waals surface area contributed by atoms with Crippen molar-refractivity contribution in [1.82, 2.24) is 0 Å². The van der Waals surface area contributed by atoms with Crippen molar-refractivity contribution in [2.24, 2.45) is 0 Å². The summed E-state index contributed by atoms with van der Waals surface area (Å²) in [7, 11) is -5.75. The lowest BCUT2D eigenvalue weighted by molar-refractivity contribution is 1.23. The van der Waals surface area contributed by atoms with E-state index in [9.17, 15) is 0 Å². The van der Waals surface area contributed by atoms with Gasteiger partial charge >= 0.3 is 0 Å². The highest BCUT2D eigenvalue weighted by atomic mass is 28.3. The maximum Gasteiger partial charge on any atom is 0.252 e. The van der Waals surface area contributed by atoms with Crippen LogP contribution >= 0.6 is 0 Å². The number of benzene rings is 13. The Bertz CT molecular complexity index is 4320. The van der Waals surface area contributed by atoms with E-state index in [-0.39, 0.29) is 6.71 Å². The summed E-state index contributed by atoms with van der Waals surface area (Å²) in [5, 5.41) is 11.2. The van der Waals surface area contributed by atoms with Crippen LogP contribution in [0.15, 0.2) is 328 Å². The maximum atomic E-state index is 2.62. The molecule has 4 aliphatic heterocycles. The zero-order chi connectivity index (χ0) is 55.3. The summed E-state index contributed by atoms with van der Waals surface area (Å²) in [4.78, 5) is 7.69. The molecule has 13 aromatic rings. The monoisotopic (exact) mass is 1100 g/mol. The standard InChI is InChI=1S/C78H54BN3Si2/c1-7-27-55(28-8-1)80(56-29-9-2-10-30-56)59-51-72-78-73(52-59)82(58-48-50-67-65-40-20-26-46-75(65)84(77(67)54-58,62-35-15-5-16-36-62)63-37-17-6-18-38-63)71-44-24-22-42-69(71)79(78)68-41-21-23-43-70(68)81(72)57-47-49-66-64-39-19-25-45-74(64)83(76(66)53-57,60-31-11-3-12-32-60)61-33-13-4-14-34-61/h1-54H. The number of anilines is 9. The van der Waals surface area contributed by atoms with E-state index in [1.807, 2.05) is 0 Å². The predicted octanol–water partition coefficient (Wildman–Crippen LogP) is 12.0. The van der Waals surface area contributed by atoms with Gasteiger partial charge in [-0.3, -0.25) is 0 Å². The third kappa shape index (κ3) is 6.93. The number of nitrogens with zero attached hydrogens (tertiary/aromatic N) is 3. The normalized spacial score (nSPS) is 14.1. The molecule has 4 heterocycles. The van der Waals surface area contributed by atoms with Crippen molar-refractivity contribution >= 4 is 132 Å². The van der Waals surface area contributed by atoms with Gasteiger partial charge in [-0.2, -0.15) is 0 Å². The molecule has 0 aliphatic carbocycles. The zero-order valence-corrected chi connectivity index (χ0v) is 48.1. The van der Waals surface area contributed by atoms with Gasteiger partial charge in [0, 0.05) is 45.5 Å². The van der Waals surface area contributed by atoms with Gasteiger partial charge in [0.15, 0.2) is 16.1 Å². The van der Waals surface area contributed by atoms with E-state index in [1.54, 1.807) is 0 Å². The summed E-state index contributed by atoms with van der Waals surface area (Å²) >= 11 is 0. The van der Waals surface area contributed by atoms with E-state index in [0.29, 0.717) is 0 Å². The minimum Gasteiger partial charge on any atom is -0.311 e. The molecule has 0 atom stereocenters. The second kappa shape index (κ2) is 19.2. The van der Waals surface area contributed by atoms with E-state index < -0.39 is 16.1 Å². The average Bonchev–Trinajstić information content (AvgIpc) is 1.56. The lowest BCUT2D eigenvalue weighted by atomic mass is 9.33. The summed E-state index contributed by atoms with van der Waals surface area (Å²) in [6.07, 6.45) is 0. The minimum atomic E-state index is -2.88. The van der Waals surface area contributed by atoms with E-state index >= 15 is 0 Å². The Balaban J connectivity index is 0.967. The molecule has 0 fully saturated rings. The first-order valence-corrected chi connectivity index (χ1v) is 33.3. The SMILES string of the molecule is c1ccc(N(c2ccccc2)c2cc3c4c(c2)N(c2ccc5c(c2)[Si](c2ccccc2)(c2ccccc2)c2ccccc2-5)c2ccccc2B4c2ccccc2N3c2ccc3c(c2)[Si](c2ccccc2)(c2ccccc2)c2ccccc2-3)cc1. The Labute approximate surface area is 493 Å². The van der Waals surface area contributed by atoms with Crippen LogP contribution in [0.1, 0.15) is 0 Å². The Morgan fingerprint density at radius 3 is 0.964 bits per heavy atom. The highest BCUT2D eigenvalue weighted by Crippen LogP contribution is 2.49. The predicted molar refractivity (Wildman–Crippen MR) is 360 cm³/mol. The van der Waals surface area contributed by atoms with Crippen LogP contribution < -0.4 is 72.6 Å². The van der Waals surface area contributed by atoms with Crippen LogP contribution in [0.2, 0.25) is 0 Å². The molecule has 0 spiro atoms. The minimum absolute atomic E-state index is 0.0626. The van der Waals surface area contributed by atoms with Gasteiger partial charge < -0.3 is 14.7 Å². The van der Waals surface area contributed by atoms with Gasteiger partial charge in [0.1, 0.15) is 0 Å². The Morgan fingerprint density at radius 2 is 0.571 bits per heavy atom. The van der Waals surface area contributed by atoms with Gasteiger partial charge in [-0.25, -0.2) is 0 Å². The molecule has 0 N–H and O–H groups in total. The van der Waals surface area contributed by atoms with Crippen molar-refractivity contribution in [3.63, 3.8) is 0 Å². The maximum absolute atomic E-state index is 2.88. The number of fused-ring (bicyclic) bond motifs is 10. The van der Waals surface area contributed by atoms with Crippen LogP contribution in [-0.2, 0) is 0 Å². The summed E-state index contributed by atoms with van der Waals surface area (Å²) in [6.45, 7) is -0.0626. The van der Waals surface area contributed by atoms with Crippen molar-refractivity contribution < 1.29 is 0 Å². The van der Waals surface area contributed by atoms with Gasteiger partial charge in [-0.15, -0.1) is 0 Å². The molecule has 0 aromatic heterocycles. The molecule has 6 heteroatoms. The number of para-hydroxylation sites is 4.